The molecule has 3 nitrogen and oxygen atoms in total. The van der Waals surface area contributed by atoms with Gasteiger partial charge in [0.25, 0.3) is 0 Å². The summed E-state index contributed by atoms with van der Waals surface area (Å²) >= 11 is 1.70. The van der Waals surface area contributed by atoms with Crippen molar-refractivity contribution in [3.8, 4) is 0 Å². The lowest BCUT2D eigenvalue weighted by Gasteiger charge is -2.20. The normalized spacial score (nSPS) is 14.1. The summed E-state index contributed by atoms with van der Waals surface area (Å²) in [6.45, 7) is 6.12. The fraction of sp³-hybridized carbons (Fsp3) is 0.333. The molecule has 19 heavy (non-hydrogen) atoms. The third-order valence-corrected chi connectivity index (χ3v) is 4.22. The van der Waals surface area contributed by atoms with Crippen molar-refractivity contribution in [1.29, 1.82) is 0 Å². The van der Waals surface area contributed by atoms with E-state index >= 15 is 0 Å². The second-order valence-corrected chi connectivity index (χ2v) is 5.97. The summed E-state index contributed by atoms with van der Waals surface area (Å²) in [7, 11) is 0. The summed E-state index contributed by atoms with van der Waals surface area (Å²) in [5.41, 5.74) is 9.52. The molecule has 0 radical (unpaired) electrons. The van der Waals surface area contributed by atoms with Crippen LogP contribution in [0.15, 0.2) is 41.7 Å². The lowest BCUT2D eigenvalue weighted by molar-refractivity contribution is 0.717. The first-order valence-electron chi connectivity index (χ1n) is 6.33. The lowest BCUT2D eigenvalue weighted by atomic mass is 10.1. The SMILES string of the molecule is Cc1cc(C)nc(SC(c2cccnc2)C(C)N)c1. The van der Waals surface area contributed by atoms with E-state index in [9.17, 15) is 0 Å². The number of nitrogens with two attached hydrogens (primary N) is 1. The smallest absolute Gasteiger partial charge is 0.0972 e. The molecular formula is C15H19N3S. The van der Waals surface area contributed by atoms with Crippen LogP contribution in [-0.4, -0.2) is 16.0 Å². The van der Waals surface area contributed by atoms with Gasteiger partial charge in [-0.15, -0.1) is 0 Å². The zero-order valence-electron chi connectivity index (χ0n) is 11.5. The van der Waals surface area contributed by atoms with Crippen LogP contribution in [0.5, 0.6) is 0 Å². The van der Waals surface area contributed by atoms with Crippen molar-refractivity contribution in [3.05, 3.63) is 53.5 Å². The minimum Gasteiger partial charge on any atom is -0.327 e. The molecule has 0 aromatic carbocycles. The number of thioether (sulfide) groups is 1. The molecule has 4 heteroatoms. The summed E-state index contributed by atoms with van der Waals surface area (Å²) < 4.78 is 0. The van der Waals surface area contributed by atoms with Gasteiger partial charge in [-0.05, 0) is 50.1 Å². The molecule has 0 saturated heterocycles. The van der Waals surface area contributed by atoms with Crippen LogP contribution in [0.3, 0.4) is 0 Å². The van der Waals surface area contributed by atoms with Crippen molar-refractivity contribution in [3.63, 3.8) is 0 Å². The van der Waals surface area contributed by atoms with Crippen molar-refractivity contribution < 1.29 is 0 Å². The van der Waals surface area contributed by atoms with E-state index in [1.165, 1.54) is 5.56 Å². The molecular weight excluding hydrogens is 254 g/mol. The Balaban J connectivity index is 2.27. The second-order valence-electron chi connectivity index (χ2n) is 4.81. The van der Waals surface area contributed by atoms with Gasteiger partial charge in [-0.1, -0.05) is 17.8 Å². The lowest BCUT2D eigenvalue weighted by Crippen LogP contribution is -2.22. The average molecular weight is 273 g/mol. The molecule has 0 aliphatic heterocycles. The molecule has 0 amide bonds. The average Bonchev–Trinajstić information content (AvgIpc) is 2.35. The first-order chi connectivity index (χ1) is 9.06. The zero-order valence-corrected chi connectivity index (χ0v) is 12.3. The van der Waals surface area contributed by atoms with Crippen molar-refractivity contribution in [1.82, 2.24) is 9.97 Å². The van der Waals surface area contributed by atoms with Gasteiger partial charge in [-0.25, -0.2) is 4.98 Å². The van der Waals surface area contributed by atoms with E-state index in [1.807, 2.05) is 26.1 Å². The Hall–Kier alpha value is -1.39. The fourth-order valence-electron chi connectivity index (χ4n) is 2.02. The molecule has 2 unspecified atom stereocenters. The minimum atomic E-state index is 0.0387. The molecule has 2 heterocycles. The number of nitrogens with zero attached hydrogens (tertiary/aromatic N) is 2. The number of rotatable bonds is 4. The van der Waals surface area contributed by atoms with Gasteiger partial charge in [0.15, 0.2) is 0 Å². The van der Waals surface area contributed by atoms with Gasteiger partial charge in [-0.2, -0.15) is 0 Å². The summed E-state index contributed by atoms with van der Waals surface area (Å²) in [4.78, 5) is 8.74. The monoisotopic (exact) mass is 273 g/mol. The molecule has 0 aliphatic carbocycles. The van der Waals surface area contributed by atoms with Crippen LogP contribution in [0.4, 0.5) is 0 Å². The van der Waals surface area contributed by atoms with Gasteiger partial charge in [0.1, 0.15) is 0 Å². The summed E-state index contributed by atoms with van der Waals surface area (Å²) in [6, 6.07) is 8.23. The predicted molar refractivity (Wildman–Crippen MR) is 80.2 cm³/mol. The highest BCUT2D eigenvalue weighted by molar-refractivity contribution is 7.99. The van der Waals surface area contributed by atoms with Gasteiger partial charge < -0.3 is 5.73 Å². The fourth-order valence-corrected chi connectivity index (χ4v) is 3.22. The number of aromatic nitrogens is 2. The Kier molecular flexibility index (Phi) is 4.56. The van der Waals surface area contributed by atoms with E-state index in [2.05, 4.69) is 35.1 Å². The molecule has 100 valence electrons. The van der Waals surface area contributed by atoms with Crippen molar-refractivity contribution in [2.24, 2.45) is 5.73 Å². The van der Waals surface area contributed by atoms with Crippen molar-refractivity contribution in [2.45, 2.75) is 37.1 Å². The standard InChI is InChI=1S/C15H19N3S/c1-10-7-11(2)18-14(8-10)19-15(12(3)16)13-5-4-6-17-9-13/h4-9,12,15H,16H2,1-3H3. The molecule has 2 rings (SSSR count). The highest BCUT2D eigenvalue weighted by Crippen LogP contribution is 2.36. The van der Waals surface area contributed by atoms with E-state index in [0.29, 0.717) is 0 Å². The van der Waals surface area contributed by atoms with E-state index in [4.69, 9.17) is 5.73 Å². The molecule has 2 N–H and O–H groups in total. The van der Waals surface area contributed by atoms with Crippen LogP contribution in [0, 0.1) is 13.8 Å². The van der Waals surface area contributed by atoms with E-state index in [-0.39, 0.29) is 11.3 Å². The molecule has 0 bridgehead atoms. The molecule has 0 spiro atoms. The van der Waals surface area contributed by atoms with Crippen LogP contribution >= 0.6 is 11.8 Å². The minimum absolute atomic E-state index is 0.0387. The van der Waals surface area contributed by atoms with Gasteiger partial charge in [0, 0.05) is 24.1 Å². The Morgan fingerprint density at radius 1 is 1.26 bits per heavy atom. The van der Waals surface area contributed by atoms with Crippen molar-refractivity contribution >= 4 is 11.8 Å². The van der Waals surface area contributed by atoms with Crippen LogP contribution in [-0.2, 0) is 0 Å². The summed E-state index contributed by atoms with van der Waals surface area (Å²) in [5.74, 6) is 0. The summed E-state index contributed by atoms with van der Waals surface area (Å²) in [6.07, 6.45) is 3.66. The van der Waals surface area contributed by atoms with Crippen molar-refractivity contribution in [2.75, 3.05) is 0 Å². The summed E-state index contributed by atoms with van der Waals surface area (Å²) in [5, 5.41) is 1.19. The number of hydrogen-bond donors (Lipinski definition) is 1. The maximum atomic E-state index is 6.12. The third-order valence-electron chi connectivity index (χ3n) is 2.81. The van der Waals surface area contributed by atoms with Gasteiger partial charge in [0.2, 0.25) is 0 Å². The maximum absolute atomic E-state index is 6.12. The number of aryl methyl sites for hydroxylation is 2. The zero-order chi connectivity index (χ0) is 13.8. The molecule has 0 saturated carbocycles. The molecule has 0 aliphatic rings. The molecule has 2 aromatic heterocycles. The van der Waals surface area contributed by atoms with Gasteiger partial charge in [-0.3, -0.25) is 4.98 Å². The Labute approximate surface area is 118 Å². The highest BCUT2D eigenvalue weighted by atomic mass is 32.2. The number of hydrogen-bond acceptors (Lipinski definition) is 4. The Morgan fingerprint density at radius 2 is 2.05 bits per heavy atom. The first kappa shape index (κ1) is 14.0. The quantitative estimate of drug-likeness (QED) is 0.869. The van der Waals surface area contributed by atoms with Gasteiger partial charge in [0.05, 0.1) is 10.3 Å². The largest absolute Gasteiger partial charge is 0.327 e. The van der Waals surface area contributed by atoms with Crippen LogP contribution < -0.4 is 5.73 Å². The highest BCUT2D eigenvalue weighted by Gasteiger charge is 2.18. The predicted octanol–water partition coefficient (Wildman–Crippen LogP) is 3.27. The van der Waals surface area contributed by atoms with Gasteiger partial charge >= 0.3 is 0 Å². The second kappa shape index (κ2) is 6.17. The van der Waals surface area contributed by atoms with Crippen LogP contribution in [0.1, 0.15) is 29.0 Å². The maximum Gasteiger partial charge on any atom is 0.0972 e. The van der Waals surface area contributed by atoms with Crippen LogP contribution in [0.25, 0.3) is 0 Å². The topological polar surface area (TPSA) is 51.8 Å². The number of pyridine rings is 2. The molecule has 0 fully saturated rings. The van der Waals surface area contributed by atoms with Crippen LogP contribution in [0.2, 0.25) is 0 Å². The van der Waals surface area contributed by atoms with E-state index < -0.39 is 0 Å². The third kappa shape index (κ3) is 3.78. The molecule has 2 atom stereocenters. The Morgan fingerprint density at radius 3 is 2.63 bits per heavy atom. The molecule has 2 aromatic rings. The van der Waals surface area contributed by atoms with E-state index in [0.717, 1.165) is 16.3 Å². The Bertz CT molecular complexity index is 520. The first-order valence-corrected chi connectivity index (χ1v) is 7.21. The van der Waals surface area contributed by atoms with E-state index in [1.54, 1.807) is 18.0 Å².